The molecule has 0 spiro atoms. The van der Waals surface area contributed by atoms with Crippen molar-refractivity contribution in [2.75, 3.05) is 0 Å². The summed E-state index contributed by atoms with van der Waals surface area (Å²) in [5.41, 5.74) is 1.59. The van der Waals surface area contributed by atoms with E-state index in [2.05, 4.69) is 26.0 Å². The Morgan fingerprint density at radius 1 is 1.00 bits per heavy atom. The van der Waals surface area contributed by atoms with Gasteiger partial charge in [-0.3, -0.25) is 9.59 Å². The Labute approximate surface area is 144 Å². The molecule has 2 unspecified atom stereocenters. The van der Waals surface area contributed by atoms with Gasteiger partial charge in [-0.2, -0.15) is 0 Å². The second kappa shape index (κ2) is 8.00. The van der Waals surface area contributed by atoms with E-state index >= 15 is 0 Å². The highest BCUT2D eigenvalue weighted by Gasteiger charge is 2.44. The molecule has 0 saturated heterocycles. The van der Waals surface area contributed by atoms with Crippen LogP contribution in [-0.4, -0.2) is 22.2 Å². The third-order valence-corrected chi connectivity index (χ3v) is 5.80. The predicted octanol–water partition coefficient (Wildman–Crippen LogP) is 4.81. The van der Waals surface area contributed by atoms with Crippen molar-refractivity contribution in [3.63, 3.8) is 0 Å². The van der Waals surface area contributed by atoms with E-state index in [4.69, 9.17) is 0 Å². The number of allylic oxidation sites excluding steroid dienone is 4. The normalized spacial score (nSPS) is 26.9. The second-order valence-corrected chi connectivity index (χ2v) is 7.95. The van der Waals surface area contributed by atoms with Crippen LogP contribution in [0.15, 0.2) is 23.3 Å². The zero-order valence-electron chi connectivity index (χ0n) is 14.9. The lowest BCUT2D eigenvalue weighted by molar-refractivity contribution is -0.158. The minimum Gasteiger partial charge on any atom is -0.481 e. The van der Waals surface area contributed by atoms with Gasteiger partial charge in [-0.05, 0) is 77.0 Å². The van der Waals surface area contributed by atoms with E-state index in [9.17, 15) is 19.8 Å². The van der Waals surface area contributed by atoms with Crippen molar-refractivity contribution in [3.8, 4) is 0 Å². The van der Waals surface area contributed by atoms with Crippen LogP contribution in [0.4, 0.5) is 0 Å². The Bertz CT molecular complexity index is 512. The van der Waals surface area contributed by atoms with E-state index in [0.717, 1.165) is 38.5 Å². The Kier molecular flexibility index (Phi) is 6.25. The molecule has 0 radical (unpaired) electrons. The molecule has 24 heavy (non-hydrogen) atoms. The molecule has 2 aliphatic rings. The van der Waals surface area contributed by atoms with Crippen LogP contribution in [0.1, 0.15) is 71.6 Å². The van der Waals surface area contributed by atoms with E-state index in [1.807, 2.05) is 0 Å². The number of aliphatic carboxylic acids is 2. The first kappa shape index (κ1) is 18.8. The molecule has 0 aliphatic heterocycles. The van der Waals surface area contributed by atoms with Crippen molar-refractivity contribution in [1.82, 2.24) is 0 Å². The summed E-state index contributed by atoms with van der Waals surface area (Å²) in [7, 11) is 0. The van der Waals surface area contributed by atoms with Gasteiger partial charge in [-0.15, -0.1) is 0 Å². The summed E-state index contributed by atoms with van der Waals surface area (Å²) in [6.07, 6.45) is 10.8. The first-order chi connectivity index (χ1) is 11.3. The largest absolute Gasteiger partial charge is 0.481 e. The smallest absolute Gasteiger partial charge is 0.310 e. The summed E-state index contributed by atoms with van der Waals surface area (Å²) in [5.74, 6) is -1.36. The number of carboxylic acid groups (broad SMARTS) is 2. The zero-order valence-corrected chi connectivity index (χ0v) is 14.9. The third-order valence-electron chi connectivity index (χ3n) is 5.80. The molecule has 0 heterocycles. The fourth-order valence-electron chi connectivity index (χ4n) is 4.28. The van der Waals surface area contributed by atoms with E-state index in [0.29, 0.717) is 12.8 Å². The van der Waals surface area contributed by atoms with Gasteiger partial charge in [0.15, 0.2) is 0 Å². The van der Waals surface area contributed by atoms with Crippen molar-refractivity contribution in [2.24, 2.45) is 17.3 Å². The maximum atomic E-state index is 12.1. The number of carboxylic acids is 2. The van der Waals surface area contributed by atoms with Crippen molar-refractivity contribution >= 4 is 11.9 Å². The van der Waals surface area contributed by atoms with Crippen LogP contribution in [0.3, 0.4) is 0 Å². The molecule has 4 heteroatoms. The van der Waals surface area contributed by atoms with Crippen LogP contribution in [0, 0.1) is 17.3 Å². The van der Waals surface area contributed by atoms with Gasteiger partial charge < -0.3 is 10.2 Å². The third kappa shape index (κ3) is 4.96. The molecule has 0 aromatic heterocycles. The molecule has 0 aromatic rings. The van der Waals surface area contributed by atoms with Gasteiger partial charge in [0.1, 0.15) is 0 Å². The Hall–Kier alpha value is -1.58. The summed E-state index contributed by atoms with van der Waals surface area (Å²) >= 11 is 0. The SMILES string of the molecule is CC1=CCC(CC(CC(=O)O)(CC2CC=C(C)CC2)C(=O)O)CC1. The number of hydrogen-bond acceptors (Lipinski definition) is 2. The Morgan fingerprint density at radius 3 is 1.75 bits per heavy atom. The molecule has 0 aromatic carbocycles. The molecule has 0 saturated carbocycles. The fourth-order valence-corrected chi connectivity index (χ4v) is 4.28. The monoisotopic (exact) mass is 334 g/mol. The summed E-state index contributed by atoms with van der Waals surface area (Å²) < 4.78 is 0. The molecule has 2 aliphatic carbocycles. The van der Waals surface area contributed by atoms with Gasteiger partial charge in [0, 0.05) is 0 Å². The van der Waals surface area contributed by atoms with E-state index in [1.54, 1.807) is 0 Å². The molecular formula is C20H30O4. The zero-order chi connectivity index (χ0) is 17.7. The van der Waals surface area contributed by atoms with Crippen LogP contribution < -0.4 is 0 Å². The highest BCUT2D eigenvalue weighted by Crippen LogP contribution is 2.44. The van der Waals surface area contributed by atoms with Crippen LogP contribution in [0.2, 0.25) is 0 Å². The Balaban J connectivity index is 2.16. The maximum absolute atomic E-state index is 12.1. The van der Waals surface area contributed by atoms with Crippen molar-refractivity contribution < 1.29 is 19.8 Å². The molecule has 134 valence electrons. The van der Waals surface area contributed by atoms with Gasteiger partial charge in [-0.25, -0.2) is 0 Å². The lowest BCUT2D eigenvalue weighted by Crippen LogP contribution is -2.38. The molecule has 2 rings (SSSR count). The van der Waals surface area contributed by atoms with Crippen molar-refractivity contribution in [2.45, 2.75) is 71.6 Å². The van der Waals surface area contributed by atoms with Crippen molar-refractivity contribution in [1.29, 1.82) is 0 Å². The number of hydrogen-bond donors (Lipinski definition) is 2. The van der Waals surface area contributed by atoms with Gasteiger partial charge in [0.05, 0.1) is 11.8 Å². The van der Waals surface area contributed by atoms with Crippen molar-refractivity contribution in [3.05, 3.63) is 23.3 Å². The quantitative estimate of drug-likeness (QED) is 0.655. The molecule has 0 fully saturated rings. The highest BCUT2D eigenvalue weighted by molar-refractivity contribution is 5.81. The van der Waals surface area contributed by atoms with E-state index in [1.165, 1.54) is 11.1 Å². The fraction of sp³-hybridized carbons (Fsp3) is 0.700. The minimum atomic E-state index is -1.13. The van der Waals surface area contributed by atoms with Gasteiger partial charge in [-0.1, -0.05) is 23.3 Å². The summed E-state index contributed by atoms with van der Waals surface area (Å²) in [6, 6.07) is 0. The average molecular weight is 334 g/mol. The van der Waals surface area contributed by atoms with Crippen LogP contribution in [0.5, 0.6) is 0 Å². The second-order valence-electron chi connectivity index (χ2n) is 7.95. The molecule has 0 amide bonds. The van der Waals surface area contributed by atoms with Gasteiger partial charge >= 0.3 is 11.9 Å². The van der Waals surface area contributed by atoms with Crippen LogP contribution in [-0.2, 0) is 9.59 Å². The first-order valence-corrected chi connectivity index (χ1v) is 9.07. The average Bonchev–Trinajstić information content (AvgIpc) is 2.51. The predicted molar refractivity (Wildman–Crippen MR) is 93.8 cm³/mol. The highest BCUT2D eigenvalue weighted by atomic mass is 16.4. The van der Waals surface area contributed by atoms with Crippen LogP contribution >= 0.6 is 0 Å². The molecule has 0 bridgehead atoms. The topological polar surface area (TPSA) is 74.6 Å². The molecule has 2 N–H and O–H groups in total. The number of carbonyl (C=O) groups is 2. The molecule has 2 atom stereocenters. The minimum absolute atomic E-state index is 0.263. The lowest BCUT2D eigenvalue weighted by Gasteiger charge is -2.36. The summed E-state index contributed by atoms with van der Waals surface area (Å²) in [6.45, 7) is 4.21. The van der Waals surface area contributed by atoms with E-state index in [-0.39, 0.29) is 18.3 Å². The summed E-state index contributed by atoms with van der Waals surface area (Å²) in [4.78, 5) is 23.6. The Morgan fingerprint density at radius 2 is 1.46 bits per heavy atom. The van der Waals surface area contributed by atoms with E-state index < -0.39 is 17.4 Å². The lowest BCUT2D eigenvalue weighted by atomic mass is 9.67. The van der Waals surface area contributed by atoms with Crippen LogP contribution in [0.25, 0.3) is 0 Å². The first-order valence-electron chi connectivity index (χ1n) is 9.07. The van der Waals surface area contributed by atoms with Gasteiger partial charge in [0.25, 0.3) is 0 Å². The molecular weight excluding hydrogens is 304 g/mol. The summed E-state index contributed by atoms with van der Waals surface area (Å²) in [5, 5.41) is 19.3. The van der Waals surface area contributed by atoms with Gasteiger partial charge in [0.2, 0.25) is 0 Å². The number of rotatable bonds is 7. The maximum Gasteiger partial charge on any atom is 0.310 e. The standard InChI is InChI=1S/C20H30O4/c1-14-3-7-16(8-4-14)11-20(19(23)24,13-18(21)22)12-17-9-5-15(2)6-10-17/h3,5,16-17H,4,6-13H2,1-2H3,(H,21,22)(H,23,24). The molecule has 4 nitrogen and oxygen atoms in total.